The van der Waals surface area contributed by atoms with E-state index in [1.807, 2.05) is 0 Å². The third kappa shape index (κ3) is 3.63. The summed E-state index contributed by atoms with van der Waals surface area (Å²) >= 11 is 3.21. The lowest BCUT2D eigenvalue weighted by molar-refractivity contribution is 0.0602. The second-order valence-electron chi connectivity index (χ2n) is 4.00. The van der Waals surface area contributed by atoms with Crippen molar-refractivity contribution in [2.75, 3.05) is 12.4 Å². The minimum atomic E-state index is -0.672. The van der Waals surface area contributed by atoms with Gasteiger partial charge in [-0.2, -0.15) is 0 Å². The number of esters is 1. The Bertz CT molecular complexity index is 689. The summed E-state index contributed by atoms with van der Waals surface area (Å²) in [7, 11) is 1.20. The van der Waals surface area contributed by atoms with Crippen molar-refractivity contribution in [2.45, 2.75) is 0 Å². The lowest BCUT2D eigenvalue weighted by atomic mass is 10.1. The van der Waals surface area contributed by atoms with Crippen molar-refractivity contribution in [3.63, 3.8) is 0 Å². The van der Waals surface area contributed by atoms with Gasteiger partial charge in [0.1, 0.15) is 11.5 Å². The molecular formula is C14H10BrFN2O3. The number of hydrogen-bond acceptors (Lipinski definition) is 4. The summed E-state index contributed by atoms with van der Waals surface area (Å²) in [6, 6.07) is 6.54. The van der Waals surface area contributed by atoms with E-state index in [0.717, 1.165) is 16.6 Å². The molecule has 0 aliphatic carbocycles. The standard InChI is InChI=1S/C14H10BrFN2O3/c1-21-14(20)10-4-3-9(16)6-12(10)18-13(19)11-5-2-8(15)7-17-11/h2-7H,1H3,(H,18,19). The van der Waals surface area contributed by atoms with Crippen molar-refractivity contribution in [3.05, 3.63) is 58.1 Å². The second-order valence-corrected chi connectivity index (χ2v) is 4.91. The number of benzene rings is 1. The normalized spacial score (nSPS) is 10.0. The summed E-state index contributed by atoms with van der Waals surface area (Å²) in [6.07, 6.45) is 1.46. The lowest BCUT2D eigenvalue weighted by Gasteiger charge is -2.09. The number of nitrogens with one attached hydrogen (secondary N) is 1. The average molecular weight is 353 g/mol. The van der Waals surface area contributed by atoms with Crippen LogP contribution in [0, 0.1) is 5.82 Å². The van der Waals surface area contributed by atoms with Crippen LogP contribution in [0.1, 0.15) is 20.8 Å². The maximum absolute atomic E-state index is 13.3. The number of halogens is 2. The number of anilines is 1. The molecular weight excluding hydrogens is 343 g/mol. The molecule has 2 aromatic rings. The molecule has 0 aliphatic heterocycles. The summed E-state index contributed by atoms with van der Waals surface area (Å²) in [4.78, 5) is 27.5. The van der Waals surface area contributed by atoms with Crippen LogP contribution >= 0.6 is 15.9 Å². The van der Waals surface area contributed by atoms with Gasteiger partial charge in [-0.25, -0.2) is 14.2 Å². The molecule has 0 unspecified atom stereocenters. The Hall–Kier alpha value is -2.28. The molecule has 1 aromatic carbocycles. The van der Waals surface area contributed by atoms with Gasteiger partial charge in [-0.05, 0) is 46.3 Å². The molecule has 0 fully saturated rings. The fraction of sp³-hybridized carbons (Fsp3) is 0.0714. The number of carbonyl (C=O) groups is 2. The summed E-state index contributed by atoms with van der Waals surface area (Å²) in [6.45, 7) is 0. The number of amides is 1. The molecule has 0 atom stereocenters. The highest BCUT2D eigenvalue weighted by atomic mass is 79.9. The summed E-state index contributed by atoms with van der Waals surface area (Å²) in [5.74, 6) is -1.81. The Morgan fingerprint density at radius 3 is 2.67 bits per heavy atom. The molecule has 108 valence electrons. The number of rotatable bonds is 3. The van der Waals surface area contributed by atoms with E-state index in [2.05, 4.69) is 31.0 Å². The van der Waals surface area contributed by atoms with Gasteiger partial charge >= 0.3 is 5.97 Å². The number of nitrogens with zero attached hydrogens (tertiary/aromatic N) is 1. The van der Waals surface area contributed by atoms with E-state index in [9.17, 15) is 14.0 Å². The monoisotopic (exact) mass is 352 g/mol. The number of aromatic nitrogens is 1. The summed E-state index contributed by atoms with van der Waals surface area (Å²) < 4.78 is 18.6. The minimum absolute atomic E-state index is 0.0246. The van der Waals surface area contributed by atoms with Gasteiger partial charge in [-0.3, -0.25) is 4.79 Å². The van der Waals surface area contributed by atoms with Gasteiger partial charge in [0.25, 0.3) is 5.91 Å². The van der Waals surface area contributed by atoms with Gasteiger partial charge < -0.3 is 10.1 Å². The first kappa shape index (κ1) is 15.1. The van der Waals surface area contributed by atoms with Crippen molar-refractivity contribution >= 4 is 33.5 Å². The van der Waals surface area contributed by atoms with Crippen LogP contribution in [0.3, 0.4) is 0 Å². The SMILES string of the molecule is COC(=O)c1ccc(F)cc1NC(=O)c1ccc(Br)cn1. The maximum atomic E-state index is 13.3. The van der Waals surface area contributed by atoms with E-state index in [4.69, 9.17) is 0 Å². The highest BCUT2D eigenvalue weighted by Gasteiger charge is 2.16. The number of pyridine rings is 1. The van der Waals surface area contributed by atoms with Crippen LogP contribution in [-0.4, -0.2) is 24.0 Å². The zero-order chi connectivity index (χ0) is 15.4. The lowest BCUT2D eigenvalue weighted by Crippen LogP contribution is -2.16. The fourth-order valence-electron chi connectivity index (χ4n) is 1.60. The first-order valence-corrected chi connectivity index (χ1v) is 6.61. The topological polar surface area (TPSA) is 68.3 Å². The predicted molar refractivity (Wildman–Crippen MR) is 77.6 cm³/mol. The van der Waals surface area contributed by atoms with Gasteiger partial charge in [-0.15, -0.1) is 0 Å². The molecule has 1 N–H and O–H groups in total. The highest BCUT2D eigenvalue weighted by Crippen LogP contribution is 2.19. The Labute approximate surface area is 128 Å². The summed E-state index contributed by atoms with van der Waals surface area (Å²) in [5.41, 5.74) is 0.221. The molecule has 0 saturated carbocycles. The molecule has 0 radical (unpaired) electrons. The predicted octanol–water partition coefficient (Wildman–Crippen LogP) is 3.02. The van der Waals surface area contributed by atoms with Crippen LogP contribution in [0.4, 0.5) is 10.1 Å². The average Bonchev–Trinajstić information content (AvgIpc) is 2.47. The van der Waals surface area contributed by atoms with Gasteiger partial charge in [0.15, 0.2) is 0 Å². The maximum Gasteiger partial charge on any atom is 0.339 e. The fourth-order valence-corrected chi connectivity index (χ4v) is 1.84. The first-order valence-electron chi connectivity index (χ1n) is 5.82. The van der Waals surface area contributed by atoms with E-state index < -0.39 is 17.7 Å². The molecule has 1 heterocycles. The van der Waals surface area contributed by atoms with Crippen LogP contribution < -0.4 is 5.32 Å². The molecule has 7 heteroatoms. The molecule has 21 heavy (non-hydrogen) atoms. The van der Waals surface area contributed by atoms with Crippen molar-refractivity contribution < 1.29 is 18.7 Å². The van der Waals surface area contributed by atoms with Crippen LogP contribution in [0.5, 0.6) is 0 Å². The first-order chi connectivity index (χ1) is 10.0. The number of carbonyl (C=O) groups excluding carboxylic acids is 2. The zero-order valence-corrected chi connectivity index (χ0v) is 12.5. The van der Waals surface area contributed by atoms with Crippen molar-refractivity contribution in [1.82, 2.24) is 4.98 Å². The van der Waals surface area contributed by atoms with Gasteiger partial charge in [-0.1, -0.05) is 0 Å². The van der Waals surface area contributed by atoms with Gasteiger partial charge in [0.05, 0.1) is 18.4 Å². The minimum Gasteiger partial charge on any atom is -0.465 e. The third-order valence-electron chi connectivity index (χ3n) is 2.60. The van der Waals surface area contributed by atoms with Crippen molar-refractivity contribution in [2.24, 2.45) is 0 Å². The van der Waals surface area contributed by atoms with E-state index >= 15 is 0 Å². The molecule has 0 saturated heterocycles. The molecule has 0 spiro atoms. The van der Waals surface area contributed by atoms with E-state index in [1.165, 1.54) is 25.4 Å². The number of ether oxygens (including phenoxy) is 1. The largest absolute Gasteiger partial charge is 0.465 e. The van der Waals surface area contributed by atoms with Crippen LogP contribution in [-0.2, 0) is 4.74 Å². The zero-order valence-electron chi connectivity index (χ0n) is 10.9. The molecule has 0 aliphatic rings. The molecule has 1 aromatic heterocycles. The quantitative estimate of drug-likeness (QED) is 0.862. The molecule has 0 bridgehead atoms. The molecule has 5 nitrogen and oxygen atoms in total. The van der Waals surface area contributed by atoms with Crippen molar-refractivity contribution in [3.8, 4) is 0 Å². The Morgan fingerprint density at radius 1 is 1.29 bits per heavy atom. The van der Waals surface area contributed by atoms with Crippen LogP contribution in [0.15, 0.2) is 41.0 Å². The Morgan fingerprint density at radius 2 is 2.05 bits per heavy atom. The van der Waals surface area contributed by atoms with Crippen LogP contribution in [0.2, 0.25) is 0 Å². The van der Waals surface area contributed by atoms with Crippen molar-refractivity contribution in [1.29, 1.82) is 0 Å². The van der Waals surface area contributed by atoms with Crippen LogP contribution in [0.25, 0.3) is 0 Å². The van der Waals surface area contributed by atoms with Gasteiger partial charge in [0.2, 0.25) is 0 Å². The van der Waals surface area contributed by atoms with E-state index in [1.54, 1.807) is 6.07 Å². The second kappa shape index (κ2) is 6.45. The van der Waals surface area contributed by atoms with E-state index in [0.29, 0.717) is 0 Å². The molecule has 1 amide bonds. The Balaban J connectivity index is 2.30. The van der Waals surface area contributed by atoms with E-state index in [-0.39, 0.29) is 16.9 Å². The Kier molecular flexibility index (Phi) is 4.64. The third-order valence-corrected chi connectivity index (χ3v) is 3.06. The highest BCUT2D eigenvalue weighted by molar-refractivity contribution is 9.10. The number of hydrogen-bond donors (Lipinski definition) is 1. The summed E-state index contributed by atoms with van der Waals surface area (Å²) in [5, 5.41) is 2.44. The van der Waals surface area contributed by atoms with Gasteiger partial charge in [0, 0.05) is 10.7 Å². The smallest absolute Gasteiger partial charge is 0.339 e. The molecule has 2 rings (SSSR count). The number of methoxy groups -OCH3 is 1.